The molecule has 0 saturated carbocycles. The van der Waals surface area contributed by atoms with Crippen molar-refractivity contribution in [3.05, 3.63) is 0 Å². The molecule has 0 N–H and O–H groups in total. The van der Waals surface area contributed by atoms with Crippen molar-refractivity contribution in [2.45, 2.75) is 52.6 Å². The van der Waals surface area contributed by atoms with E-state index in [1.165, 1.54) is 25.7 Å². The highest BCUT2D eigenvalue weighted by Crippen LogP contribution is 2.26. The van der Waals surface area contributed by atoms with Gasteiger partial charge in [0.15, 0.2) is 0 Å². The number of ether oxygens (including phenoxy) is 1. The molecular formula is C10H20O. The summed E-state index contributed by atoms with van der Waals surface area (Å²) in [7, 11) is 0. The molecule has 0 aromatic heterocycles. The van der Waals surface area contributed by atoms with E-state index in [1.54, 1.807) is 0 Å². The zero-order valence-corrected chi connectivity index (χ0v) is 8.02. The van der Waals surface area contributed by atoms with Crippen molar-refractivity contribution in [1.82, 2.24) is 0 Å². The van der Waals surface area contributed by atoms with Gasteiger partial charge in [0, 0.05) is 6.61 Å². The van der Waals surface area contributed by atoms with Crippen LogP contribution in [0.25, 0.3) is 0 Å². The predicted molar refractivity (Wildman–Crippen MR) is 47.7 cm³/mol. The Morgan fingerprint density at radius 3 is 2.45 bits per heavy atom. The largest absolute Gasteiger partial charge is 0.378 e. The molecule has 66 valence electrons. The predicted octanol–water partition coefficient (Wildman–Crippen LogP) is 2.99. The van der Waals surface area contributed by atoms with Crippen LogP contribution in [0.15, 0.2) is 0 Å². The average molecular weight is 156 g/mol. The molecule has 1 aliphatic heterocycles. The van der Waals surface area contributed by atoms with E-state index < -0.39 is 0 Å². The van der Waals surface area contributed by atoms with Crippen LogP contribution in [0.1, 0.15) is 46.5 Å². The van der Waals surface area contributed by atoms with Crippen LogP contribution in [0, 0.1) is 5.41 Å². The van der Waals surface area contributed by atoms with Crippen LogP contribution >= 0.6 is 0 Å². The highest BCUT2D eigenvalue weighted by Gasteiger charge is 2.20. The zero-order valence-electron chi connectivity index (χ0n) is 8.02. The van der Waals surface area contributed by atoms with Gasteiger partial charge < -0.3 is 4.74 Å². The standard InChI is InChI=1S/C10H20O/c1-10(2,3)8-9-6-4-5-7-11-9/h9H,4-8H2,1-3H3/t9-/m1/s1. The number of hydrogen-bond acceptors (Lipinski definition) is 1. The van der Waals surface area contributed by atoms with E-state index in [0.29, 0.717) is 11.5 Å². The number of hydrogen-bond donors (Lipinski definition) is 0. The molecule has 1 rings (SSSR count). The summed E-state index contributed by atoms with van der Waals surface area (Å²) in [5.41, 5.74) is 0.433. The summed E-state index contributed by atoms with van der Waals surface area (Å²) >= 11 is 0. The molecule has 1 atom stereocenters. The van der Waals surface area contributed by atoms with Crippen molar-refractivity contribution < 1.29 is 4.74 Å². The molecule has 1 nitrogen and oxygen atoms in total. The fourth-order valence-corrected chi connectivity index (χ4v) is 1.65. The lowest BCUT2D eigenvalue weighted by molar-refractivity contribution is -0.00699. The van der Waals surface area contributed by atoms with Gasteiger partial charge in [-0.3, -0.25) is 0 Å². The topological polar surface area (TPSA) is 9.23 Å². The molecule has 1 saturated heterocycles. The third-order valence-electron chi connectivity index (χ3n) is 2.11. The molecule has 1 fully saturated rings. The molecule has 0 unspecified atom stereocenters. The summed E-state index contributed by atoms with van der Waals surface area (Å²) < 4.78 is 5.65. The van der Waals surface area contributed by atoms with E-state index in [2.05, 4.69) is 20.8 Å². The highest BCUT2D eigenvalue weighted by atomic mass is 16.5. The van der Waals surface area contributed by atoms with E-state index in [0.717, 1.165) is 6.61 Å². The lowest BCUT2D eigenvalue weighted by atomic mass is 9.87. The summed E-state index contributed by atoms with van der Waals surface area (Å²) in [5, 5.41) is 0. The first-order chi connectivity index (χ1) is 5.08. The second-order valence-electron chi connectivity index (χ2n) is 4.75. The van der Waals surface area contributed by atoms with E-state index >= 15 is 0 Å². The minimum Gasteiger partial charge on any atom is -0.378 e. The van der Waals surface area contributed by atoms with Crippen LogP contribution in [-0.4, -0.2) is 12.7 Å². The molecule has 1 heterocycles. The van der Waals surface area contributed by atoms with Crippen molar-refractivity contribution in [1.29, 1.82) is 0 Å². The van der Waals surface area contributed by atoms with Crippen LogP contribution in [0.5, 0.6) is 0 Å². The van der Waals surface area contributed by atoms with Crippen LogP contribution in [0.4, 0.5) is 0 Å². The van der Waals surface area contributed by atoms with Gasteiger partial charge in [-0.2, -0.15) is 0 Å². The molecule has 1 aliphatic rings. The third-order valence-corrected chi connectivity index (χ3v) is 2.11. The lowest BCUT2D eigenvalue weighted by Gasteiger charge is -2.28. The Kier molecular flexibility index (Phi) is 2.94. The monoisotopic (exact) mass is 156 g/mol. The fraction of sp³-hybridized carbons (Fsp3) is 1.00. The summed E-state index contributed by atoms with van der Waals surface area (Å²) in [6.45, 7) is 7.83. The Hall–Kier alpha value is -0.0400. The van der Waals surface area contributed by atoms with Gasteiger partial charge in [0.05, 0.1) is 6.10 Å². The van der Waals surface area contributed by atoms with Crippen molar-refractivity contribution in [3.8, 4) is 0 Å². The Labute approximate surface area is 70.1 Å². The van der Waals surface area contributed by atoms with Crippen molar-refractivity contribution >= 4 is 0 Å². The maximum Gasteiger partial charge on any atom is 0.0580 e. The van der Waals surface area contributed by atoms with Crippen LogP contribution in [0.2, 0.25) is 0 Å². The van der Waals surface area contributed by atoms with Gasteiger partial charge in [0.2, 0.25) is 0 Å². The Balaban J connectivity index is 2.24. The first-order valence-electron chi connectivity index (χ1n) is 4.69. The average Bonchev–Trinajstić information content (AvgIpc) is 1.85. The minimum absolute atomic E-state index is 0.433. The normalized spacial score (nSPS) is 27.0. The van der Waals surface area contributed by atoms with E-state index in [-0.39, 0.29) is 0 Å². The van der Waals surface area contributed by atoms with Crippen molar-refractivity contribution in [2.24, 2.45) is 5.41 Å². The second kappa shape index (κ2) is 3.57. The Bertz CT molecular complexity index is 107. The van der Waals surface area contributed by atoms with Gasteiger partial charge in [0.1, 0.15) is 0 Å². The summed E-state index contributed by atoms with van der Waals surface area (Å²) in [5.74, 6) is 0. The van der Waals surface area contributed by atoms with Crippen LogP contribution in [-0.2, 0) is 4.74 Å². The first kappa shape index (κ1) is 9.05. The Morgan fingerprint density at radius 2 is 2.00 bits per heavy atom. The lowest BCUT2D eigenvalue weighted by Crippen LogP contribution is -2.24. The molecule has 0 bridgehead atoms. The van der Waals surface area contributed by atoms with E-state index in [4.69, 9.17) is 4.74 Å². The van der Waals surface area contributed by atoms with Crippen LogP contribution in [0.3, 0.4) is 0 Å². The third kappa shape index (κ3) is 3.76. The molecule has 11 heavy (non-hydrogen) atoms. The van der Waals surface area contributed by atoms with Gasteiger partial charge in [-0.05, 0) is 31.1 Å². The number of rotatable bonds is 1. The van der Waals surface area contributed by atoms with Crippen LogP contribution < -0.4 is 0 Å². The molecule has 0 radical (unpaired) electrons. The van der Waals surface area contributed by atoms with Crippen molar-refractivity contribution in [2.75, 3.05) is 6.61 Å². The van der Waals surface area contributed by atoms with Gasteiger partial charge in [-0.15, -0.1) is 0 Å². The molecular weight excluding hydrogens is 136 g/mol. The maximum absolute atomic E-state index is 5.65. The summed E-state index contributed by atoms with van der Waals surface area (Å²) in [6.07, 6.45) is 5.66. The molecule has 0 aromatic carbocycles. The highest BCUT2D eigenvalue weighted by molar-refractivity contribution is 4.71. The van der Waals surface area contributed by atoms with E-state index in [1.807, 2.05) is 0 Å². The molecule has 0 aliphatic carbocycles. The van der Waals surface area contributed by atoms with E-state index in [9.17, 15) is 0 Å². The SMILES string of the molecule is CC(C)(C)C[C@H]1CCCCO1. The Morgan fingerprint density at radius 1 is 1.27 bits per heavy atom. The van der Waals surface area contributed by atoms with Gasteiger partial charge in [-0.1, -0.05) is 20.8 Å². The molecule has 0 amide bonds. The zero-order chi connectivity index (χ0) is 8.32. The summed E-state index contributed by atoms with van der Waals surface area (Å²) in [4.78, 5) is 0. The fourth-order valence-electron chi connectivity index (χ4n) is 1.65. The molecule has 0 aromatic rings. The van der Waals surface area contributed by atoms with Gasteiger partial charge >= 0.3 is 0 Å². The second-order valence-corrected chi connectivity index (χ2v) is 4.75. The minimum atomic E-state index is 0.433. The van der Waals surface area contributed by atoms with Crippen molar-refractivity contribution in [3.63, 3.8) is 0 Å². The molecule has 0 spiro atoms. The maximum atomic E-state index is 5.65. The molecule has 1 heteroatoms. The quantitative estimate of drug-likeness (QED) is 0.567. The first-order valence-corrected chi connectivity index (χ1v) is 4.69. The smallest absolute Gasteiger partial charge is 0.0580 e. The van der Waals surface area contributed by atoms with Gasteiger partial charge in [0.25, 0.3) is 0 Å². The summed E-state index contributed by atoms with van der Waals surface area (Å²) in [6, 6.07) is 0. The van der Waals surface area contributed by atoms with Gasteiger partial charge in [-0.25, -0.2) is 0 Å².